The van der Waals surface area contributed by atoms with Crippen molar-refractivity contribution in [1.29, 1.82) is 0 Å². The summed E-state index contributed by atoms with van der Waals surface area (Å²) >= 11 is 5.32. The zero-order valence-electron chi connectivity index (χ0n) is 15.1. The number of aliphatic carboxylic acids is 1. The number of rotatable bonds is 6. The summed E-state index contributed by atoms with van der Waals surface area (Å²) < 4.78 is 30.9. The predicted molar refractivity (Wildman–Crippen MR) is 107 cm³/mol. The molecule has 0 saturated heterocycles. The molecule has 1 aliphatic rings. The van der Waals surface area contributed by atoms with E-state index in [1.807, 2.05) is 0 Å². The summed E-state index contributed by atoms with van der Waals surface area (Å²) in [4.78, 5) is 15.9. The molecule has 0 amide bonds. The summed E-state index contributed by atoms with van der Waals surface area (Å²) in [6, 6.07) is 4.51. The van der Waals surface area contributed by atoms with Gasteiger partial charge < -0.3 is 16.2 Å². The van der Waals surface area contributed by atoms with Crippen LogP contribution in [0.5, 0.6) is 0 Å². The number of aromatic nitrogens is 1. The second kappa shape index (κ2) is 7.53. The molecule has 0 spiro atoms. The fourth-order valence-corrected chi connectivity index (χ4v) is 5.36. The molecule has 0 bridgehead atoms. The van der Waals surface area contributed by atoms with Crippen LogP contribution in [0, 0.1) is 0 Å². The van der Waals surface area contributed by atoms with Gasteiger partial charge in [-0.15, -0.1) is 4.51 Å². The third-order valence-corrected chi connectivity index (χ3v) is 7.24. The van der Waals surface area contributed by atoms with Gasteiger partial charge in [0.25, 0.3) is 0 Å². The largest absolute Gasteiger partial charge is 0.480 e. The summed E-state index contributed by atoms with van der Waals surface area (Å²) in [5.74, 6) is -1.15. The van der Waals surface area contributed by atoms with Crippen LogP contribution < -0.4 is 11.1 Å². The molecular weight excluding hydrogens is 406 g/mol. The first-order chi connectivity index (χ1) is 13.3. The fraction of sp³-hybridized carbons (Fsp3) is 0.353. The van der Waals surface area contributed by atoms with Crippen molar-refractivity contribution in [3.63, 3.8) is 0 Å². The first-order valence-electron chi connectivity index (χ1n) is 8.61. The van der Waals surface area contributed by atoms with Gasteiger partial charge in [-0.2, -0.15) is 4.31 Å². The number of hydrogen-bond donors (Lipinski definition) is 3. The topological polar surface area (TPSA) is 138 Å². The second-order valence-corrected chi connectivity index (χ2v) is 8.56. The Morgan fingerprint density at radius 1 is 1.43 bits per heavy atom. The number of carboxylic acids is 1. The quantitative estimate of drug-likeness (QED) is 0.476. The lowest BCUT2D eigenvalue weighted by Crippen LogP contribution is -2.60. The number of fused-ring (bicyclic) bond motifs is 1. The van der Waals surface area contributed by atoms with Crippen molar-refractivity contribution in [2.75, 3.05) is 11.9 Å². The molecule has 28 heavy (non-hydrogen) atoms. The number of halogens is 1. The lowest BCUT2D eigenvalue weighted by Gasteiger charge is -2.45. The van der Waals surface area contributed by atoms with Crippen LogP contribution in [0.4, 0.5) is 5.69 Å². The number of likely N-dealkylation sites (N-methyl/N-ethyl adjacent to an activating group) is 1. The Kier molecular flexibility index (Phi) is 5.46. The van der Waals surface area contributed by atoms with E-state index >= 15 is 0 Å². The maximum atomic E-state index is 13.2. The van der Waals surface area contributed by atoms with Crippen LogP contribution in [-0.2, 0) is 14.8 Å². The van der Waals surface area contributed by atoms with Gasteiger partial charge in [-0.25, -0.2) is 8.42 Å². The number of benzene rings is 1. The minimum absolute atomic E-state index is 0.00677. The van der Waals surface area contributed by atoms with E-state index in [0.29, 0.717) is 35.7 Å². The summed E-state index contributed by atoms with van der Waals surface area (Å²) in [5, 5.41) is 13.6. The zero-order valence-corrected chi connectivity index (χ0v) is 16.7. The summed E-state index contributed by atoms with van der Waals surface area (Å²) in [6.45, 7) is 1.70. The van der Waals surface area contributed by atoms with Gasteiger partial charge in [0.05, 0.1) is 16.8 Å². The number of pyridine rings is 1. The number of nitrogens with one attached hydrogen (secondary N) is 1. The molecule has 1 aromatic carbocycles. The van der Waals surface area contributed by atoms with Crippen LogP contribution in [0.2, 0.25) is 0 Å². The summed E-state index contributed by atoms with van der Waals surface area (Å²) in [6.07, 6.45) is 4.31. The number of nitrogens with zero attached hydrogens (tertiary/aromatic N) is 3. The van der Waals surface area contributed by atoms with Crippen LogP contribution >= 0.6 is 11.8 Å². The summed E-state index contributed by atoms with van der Waals surface area (Å²) in [7, 11) is -4.01. The highest BCUT2D eigenvalue weighted by molar-refractivity contribution is 7.89. The SMILES string of the molecule is CCN(C1(C(=O)O)CCC1)S(=O)(=O)c1ccc2c(NC(N)=NCl)cncc2c1. The van der Waals surface area contributed by atoms with Gasteiger partial charge in [0.1, 0.15) is 5.54 Å². The number of guanidine groups is 1. The van der Waals surface area contributed by atoms with E-state index in [4.69, 9.17) is 17.5 Å². The highest BCUT2D eigenvalue weighted by Crippen LogP contribution is 2.41. The Morgan fingerprint density at radius 3 is 2.68 bits per heavy atom. The van der Waals surface area contributed by atoms with Crippen molar-refractivity contribution >= 4 is 50.2 Å². The summed E-state index contributed by atoms with van der Waals surface area (Å²) in [5.41, 5.74) is 4.70. The molecule has 1 aromatic heterocycles. The average Bonchev–Trinajstić information content (AvgIpc) is 2.63. The number of sulfonamides is 1. The van der Waals surface area contributed by atoms with E-state index in [9.17, 15) is 18.3 Å². The predicted octanol–water partition coefficient (Wildman–Crippen LogP) is 2.13. The normalized spacial score (nSPS) is 16.8. The van der Waals surface area contributed by atoms with Crippen LogP contribution in [0.25, 0.3) is 10.8 Å². The van der Waals surface area contributed by atoms with Crippen molar-refractivity contribution < 1.29 is 18.3 Å². The van der Waals surface area contributed by atoms with Gasteiger partial charge in [0.2, 0.25) is 16.0 Å². The van der Waals surface area contributed by atoms with E-state index in [2.05, 4.69) is 14.8 Å². The minimum Gasteiger partial charge on any atom is -0.480 e. The van der Waals surface area contributed by atoms with Gasteiger partial charge in [0.15, 0.2) is 0 Å². The number of nitrogens with two attached hydrogens (primary N) is 1. The molecule has 1 saturated carbocycles. The molecular formula is C17H20ClN5O4S. The van der Waals surface area contributed by atoms with Gasteiger partial charge in [-0.3, -0.25) is 9.78 Å². The molecule has 0 radical (unpaired) electrons. The van der Waals surface area contributed by atoms with Gasteiger partial charge in [-0.05, 0) is 31.4 Å². The lowest BCUT2D eigenvalue weighted by atomic mass is 9.77. The monoisotopic (exact) mass is 425 g/mol. The van der Waals surface area contributed by atoms with Crippen molar-refractivity contribution in [3.05, 3.63) is 30.6 Å². The Morgan fingerprint density at radius 2 is 2.14 bits per heavy atom. The number of carboxylic acid groups (broad SMARTS) is 1. The molecule has 11 heteroatoms. The molecule has 4 N–H and O–H groups in total. The van der Waals surface area contributed by atoms with Gasteiger partial charge in [-0.1, -0.05) is 13.0 Å². The molecule has 0 unspecified atom stereocenters. The first-order valence-corrected chi connectivity index (χ1v) is 10.4. The molecule has 150 valence electrons. The molecule has 3 rings (SSSR count). The van der Waals surface area contributed by atoms with Gasteiger partial charge in [0, 0.05) is 35.3 Å². The van der Waals surface area contributed by atoms with E-state index < -0.39 is 21.5 Å². The second-order valence-electron chi connectivity index (χ2n) is 6.52. The standard InChI is InChI=1S/C17H20ClN5O4S/c1-2-23(17(15(24)25)6-3-7-17)28(26,27)12-4-5-13-11(8-12)9-20-10-14(13)21-16(19)22-18/h4-5,8-10H,2-3,6-7H2,1H3,(H,24,25)(H3,19,21,22). The van der Waals surface area contributed by atoms with Crippen molar-refractivity contribution in [1.82, 2.24) is 9.29 Å². The van der Waals surface area contributed by atoms with E-state index in [0.717, 1.165) is 4.31 Å². The van der Waals surface area contributed by atoms with E-state index in [1.165, 1.54) is 24.5 Å². The molecule has 0 aliphatic heterocycles. The Bertz CT molecular complexity index is 1050. The van der Waals surface area contributed by atoms with Crippen molar-refractivity contribution in [2.45, 2.75) is 36.6 Å². The Labute approximate surface area is 167 Å². The third-order valence-electron chi connectivity index (χ3n) is 5.02. The fourth-order valence-electron chi connectivity index (χ4n) is 3.49. The zero-order chi connectivity index (χ0) is 20.5. The molecule has 1 fully saturated rings. The number of anilines is 1. The molecule has 0 atom stereocenters. The molecule has 1 heterocycles. The lowest BCUT2D eigenvalue weighted by molar-refractivity contribution is -0.153. The van der Waals surface area contributed by atoms with Crippen LogP contribution in [0.1, 0.15) is 26.2 Å². The Hall–Kier alpha value is -2.43. The highest BCUT2D eigenvalue weighted by atomic mass is 35.5. The Balaban J connectivity index is 2.06. The van der Waals surface area contributed by atoms with Crippen LogP contribution in [-0.4, -0.2) is 46.8 Å². The van der Waals surface area contributed by atoms with Crippen LogP contribution in [0.15, 0.2) is 40.0 Å². The maximum Gasteiger partial charge on any atom is 0.325 e. The molecule has 2 aromatic rings. The first kappa shape index (κ1) is 20.3. The van der Waals surface area contributed by atoms with Crippen LogP contribution in [0.3, 0.4) is 0 Å². The number of hydrogen-bond acceptors (Lipinski definition) is 5. The van der Waals surface area contributed by atoms with Crippen molar-refractivity contribution in [3.8, 4) is 0 Å². The smallest absolute Gasteiger partial charge is 0.325 e. The third kappa shape index (κ3) is 3.27. The van der Waals surface area contributed by atoms with Crippen molar-refractivity contribution in [2.24, 2.45) is 10.2 Å². The molecule has 1 aliphatic carbocycles. The minimum atomic E-state index is -4.01. The number of carbonyl (C=O) groups is 1. The average molecular weight is 426 g/mol. The molecule has 9 nitrogen and oxygen atoms in total. The van der Waals surface area contributed by atoms with E-state index in [1.54, 1.807) is 13.0 Å². The van der Waals surface area contributed by atoms with E-state index in [-0.39, 0.29) is 17.4 Å². The highest BCUT2D eigenvalue weighted by Gasteiger charge is 2.53. The maximum absolute atomic E-state index is 13.2. The van der Waals surface area contributed by atoms with Gasteiger partial charge >= 0.3 is 5.97 Å².